The molecule has 0 saturated carbocycles. The van der Waals surface area contributed by atoms with Gasteiger partial charge in [0, 0.05) is 0 Å². The van der Waals surface area contributed by atoms with E-state index in [0.717, 1.165) is 24.1 Å². The van der Waals surface area contributed by atoms with E-state index in [1.165, 1.54) is 16.7 Å². The van der Waals surface area contributed by atoms with Gasteiger partial charge in [0.25, 0.3) is 0 Å². The molecule has 2 unspecified atom stereocenters. The molecule has 0 saturated heterocycles. The second-order valence-corrected chi connectivity index (χ2v) is 5.69. The Hall–Kier alpha value is -1.64. The number of nitrogens with one attached hydrogen (secondary N) is 1. The van der Waals surface area contributed by atoms with Crippen molar-refractivity contribution in [2.24, 2.45) is 0 Å². The molecule has 2 N–H and O–H groups in total. The molecule has 104 valence electrons. The second kappa shape index (κ2) is 5.39. The van der Waals surface area contributed by atoms with Gasteiger partial charge in [0.2, 0.25) is 0 Å². The Morgan fingerprint density at radius 2 is 1.95 bits per heavy atom. The Morgan fingerprint density at radius 3 is 2.80 bits per heavy atom. The topological polar surface area (TPSA) is 32.3 Å². The average molecular weight is 267 g/mol. The maximum Gasteiger partial charge on any atom is 0.0987 e. The smallest absolute Gasteiger partial charge is 0.0987 e. The highest BCUT2D eigenvalue weighted by atomic mass is 16.3. The van der Waals surface area contributed by atoms with Crippen LogP contribution in [0.4, 0.5) is 0 Å². The molecule has 0 bridgehead atoms. The van der Waals surface area contributed by atoms with Crippen molar-refractivity contribution in [2.75, 3.05) is 6.54 Å². The van der Waals surface area contributed by atoms with E-state index in [-0.39, 0.29) is 6.04 Å². The molecule has 0 radical (unpaired) electrons. The number of benzene rings is 2. The number of hydrogen-bond donors (Lipinski definition) is 2. The van der Waals surface area contributed by atoms with Crippen LogP contribution in [0, 0.1) is 13.8 Å². The first-order valence-electron chi connectivity index (χ1n) is 7.23. The largest absolute Gasteiger partial charge is 0.386 e. The number of fused-ring (bicyclic) bond motifs is 1. The highest BCUT2D eigenvalue weighted by Crippen LogP contribution is 2.34. The SMILES string of the molecule is Cc1ccc(C)c(C(O)C2NCCc3ccccc32)c1. The molecular weight excluding hydrogens is 246 g/mol. The lowest BCUT2D eigenvalue weighted by molar-refractivity contribution is 0.125. The maximum absolute atomic E-state index is 10.8. The maximum atomic E-state index is 10.8. The van der Waals surface area contributed by atoms with Crippen LogP contribution in [0.3, 0.4) is 0 Å². The Morgan fingerprint density at radius 1 is 1.15 bits per heavy atom. The molecule has 2 aromatic rings. The van der Waals surface area contributed by atoms with E-state index in [1.54, 1.807) is 0 Å². The molecule has 0 aromatic heterocycles. The molecule has 0 fully saturated rings. The Kier molecular flexibility index (Phi) is 3.60. The van der Waals surface area contributed by atoms with Gasteiger partial charge in [-0.1, -0.05) is 48.0 Å². The lowest BCUT2D eigenvalue weighted by Crippen LogP contribution is -2.34. The van der Waals surface area contributed by atoms with Crippen LogP contribution in [-0.2, 0) is 6.42 Å². The van der Waals surface area contributed by atoms with E-state index >= 15 is 0 Å². The highest BCUT2D eigenvalue weighted by molar-refractivity contribution is 5.38. The molecule has 1 aliphatic rings. The first-order valence-corrected chi connectivity index (χ1v) is 7.23. The fourth-order valence-corrected chi connectivity index (χ4v) is 3.08. The fourth-order valence-electron chi connectivity index (χ4n) is 3.08. The first kappa shape index (κ1) is 13.3. The lowest BCUT2D eigenvalue weighted by Gasteiger charge is -2.31. The predicted octanol–water partition coefficient (Wildman–Crippen LogP) is 3.22. The summed E-state index contributed by atoms with van der Waals surface area (Å²) >= 11 is 0. The molecule has 0 amide bonds. The van der Waals surface area contributed by atoms with Crippen LogP contribution in [0.2, 0.25) is 0 Å². The Balaban J connectivity index is 1.99. The van der Waals surface area contributed by atoms with Gasteiger partial charge >= 0.3 is 0 Å². The van der Waals surface area contributed by atoms with Gasteiger partial charge in [0.15, 0.2) is 0 Å². The van der Waals surface area contributed by atoms with Crippen molar-refractivity contribution in [1.29, 1.82) is 0 Å². The zero-order valence-corrected chi connectivity index (χ0v) is 12.1. The van der Waals surface area contributed by atoms with Gasteiger partial charge in [0.05, 0.1) is 12.1 Å². The summed E-state index contributed by atoms with van der Waals surface area (Å²) in [6.07, 6.45) is 0.531. The van der Waals surface area contributed by atoms with Crippen molar-refractivity contribution < 1.29 is 5.11 Å². The van der Waals surface area contributed by atoms with Crippen LogP contribution in [0.25, 0.3) is 0 Å². The van der Waals surface area contributed by atoms with Crippen LogP contribution in [0.5, 0.6) is 0 Å². The molecule has 0 aliphatic carbocycles. The standard InChI is InChI=1S/C18H21NO/c1-12-7-8-13(2)16(11-12)18(20)17-15-6-4-3-5-14(15)9-10-19-17/h3-8,11,17-20H,9-10H2,1-2H3. The van der Waals surface area contributed by atoms with Gasteiger partial charge in [-0.15, -0.1) is 0 Å². The van der Waals surface area contributed by atoms with E-state index in [4.69, 9.17) is 0 Å². The summed E-state index contributed by atoms with van der Waals surface area (Å²) in [7, 11) is 0. The fraction of sp³-hybridized carbons (Fsp3) is 0.333. The van der Waals surface area contributed by atoms with Gasteiger partial charge in [-0.3, -0.25) is 0 Å². The van der Waals surface area contributed by atoms with Gasteiger partial charge in [0.1, 0.15) is 0 Å². The van der Waals surface area contributed by atoms with Crippen LogP contribution in [-0.4, -0.2) is 11.7 Å². The molecule has 2 aromatic carbocycles. The third-order valence-electron chi connectivity index (χ3n) is 4.22. The van der Waals surface area contributed by atoms with Gasteiger partial charge in [-0.05, 0) is 49.1 Å². The van der Waals surface area contributed by atoms with E-state index in [0.29, 0.717) is 0 Å². The minimum Gasteiger partial charge on any atom is -0.386 e. The van der Waals surface area contributed by atoms with Crippen molar-refractivity contribution >= 4 is 0 Å². The zero-order chi connectivity index (χ0) is 14.1. The molecule has 2 atom stereocenters. The van der Waals surface area contributed by atoms with Crippen LogP contribution < -0.4 is 5.32 Å². The summed E-state index contributed by atoms with van der Waals surface area (Å²) in [6.45, 7) is 5.05. The molecule has 2 nitrogen and oxygen atoms in total. The molecule has 1 aliphatic heterocycles. The molecule has 3 rings (SSSR count). The summed E-state index contributed by atoms with van der Waals surface area (Å²) in [6, 6.07) is 14.7. The summed E-state index contributed by atoms with van der Waals surface area (Å²) in [5, 5.41) is 14.3. The first-order chi connectivity index (χ1) is 9.66. The number of aliphatic hydroxyl groups is 1. The summed E-state index contributed by atoms with van der Waals surface area (Å²) < 4.78 is 0. The summed E-state index contributed by atoms with van der Waals surface area (Å²) in [5.41, 5.74) is 5.94. The number of rotatable bonds is 2. The minimum atomic E-state index is -0.503. The van der Waals surface area contributed by atoms with E-state index in [9.17, 15) is 5.11 Å². The highest BCUT2D eigenvalue weighted by Gasteiger charge is 2.27. The summed E-state index contributed by atoms with van der Waals surface area (Å²) in [4.78, 5) is 0. The normalized spacial score (nSPS) is 19.4. The summed E-state index contributed by atoms with van der Waals surface area (Å²) in [5.74, 6) is 0. The van der Waals surface area contributed by atoms with Crippen molar-refractivity contribution in [2.45, 2.75) is 32.4 Å². The van der Waals surface area contributed by atoms with Gasteiger partial charge < -0.3 is 10.4 Å². The zero-order valence-electron chi connectivity index (χ0n) is 12.1. The minimum absolute atomic E-state index is 0.0135. The molecular formula is C18H21NO. The van der Waals surface area contributed by atoms with Gasteiger partial charge in [-0.2, -0.15) is 0 Å². The number of aliphatic hydroxyl groups excluding tert-OH is 1. The van der Waals surface area contributed by atoms with Crippen LogP contribution in [0.15, 0.2) is 42.5 Å². The Labute approximate surface area is 120 Å². The lowest BCUT2D eigenvalue weighted by atomic mass is 9.87. The van der Waals surface area contributed by atoms with Crippen molar-refractivity contribution in [3.63, 3.8) is 0 Å². The van der Waals surface area contributed by atoms with Crippen molar-refractivity contribution in [3.05, 3.63) is 70.3 Å². The van der Waals surface area contributed by atoms with E-state index in [2.05, 4.69) is 61.6 Å². The van der Waals surface area contributed by atoms with Crippen LogP contribution >= 0.6 is 0 Å². The van der Waals surface area contributed by atoms with E-state index in [1.807, 2.05) is 0 Å². The number of aryl methyl sites for hydroxylation is 2. The molecule has 2 heteroatoms. The molecule has 20 heavy (non-hydrogen) atoms. The van der Waals surface area contributed by atoms with Crippen LogP contribution in [0.1, 0.15) is 40.0 Å². The third-order valence-corrected chi connectivity index (χ3v) is 4.22. The van der Waals surface area contributed by atoms with Crippen molar-refractivity contribution in [3.8, 4) is 0 Å². The molecule has 1 heterocycles. The third kappa shape index (κ3) is 2.37. The predicted molar refractivity (Wildman–Crippen MR) is 81.8 cm³/mol. The number of hydrogen-bond acceptors (Lipinski definition) is 2. The average Bonchev–Trinajstić information content (AvgIpc) is 2.48. The van der Waals surface area contributed by atoms with E-state index < -0.39 is 6.10 Å². The molecule has 0 spiro atoms. The quantitative estimate of drug-likeness (QED) is 0.875. The monoisotopic (exact) mass is 267 g/mol. The second-order valence-electron chi connectivity index (χ2n) is 5.69. The Bertz CT molecular complexity index is 621. The van der Waals surface area contributed by atoms with Crippen molar-refractivity contribution in [1.82, 2.24) is 5.32 Å². The van der Waals surface area contributed by atoms with Gasteiger partial charge in [-0.25, -0.2) is 0 Å².